The Kier molecular flexibility index (Phi) is 7.29. The standard InChI is InChI=1S/C11H22N2O4/c1-8(2)4-6-13(3)11(17)12-9(5-7-14)10(15)16/h8-9,14H,4-7H2,1-3H3,(H,12,17)(H,15,16). The molecule has 0 fully saturated rings. The molecule has 0 aromatic heterocycles. The van der Waals surface area contributed by atoms with Crippen molar-refractivity contribution in [3.8, 4) is 0 Å². The van der Waals surface area contributed by atoms with Gasteiger partial charge in [-0.05, 0) is 12.3 Å². The lowest BCUT2D eigenvalue weighted by Gasteiger charge is -2.21. The van der Waals surface area contributed by atoms with Gasteiger partial charge in [0.2, 0.25) is 0 Å². The minimum atomic E-state index is -1.13. The minimum Gasteiger partial charge on any atom is -0.480 e. The van der Waals surface area contributed by atoms with Crippen molar-refractivity contribution >= 4 is 12.0 Å². The fraction of sp³-hybridized carbons (Fsp3) is 0.818. The van der Waals surface area contributed by atoms with Crippen LogP contribution in [0.3, 0.4) is 0 Å². The number of hydrogen-bond donors (Lipinski definition) is 3. The summed E-state index contributed by atoms with van der Waals surface area (Å²) < 4.78 is 0. The van der Waals surface area contributed by atoms with E-state index >= 15 is 0 Å². The smallest absolute Gasteiger partial charge is 0.326 e. The first-order valence-electron chi connectivity index (χ1n) is 5.73. The highest BCUT2D eigenvalue weighted by Gasteiger charge is 2.20. The molecule has 0 aliphatic rings. The van der Waals surface area contributed by atoms with E-state index in [0.717, 1.165) is 6.42 Å². The van der Waals surface area contributed by atoms with Crippen molar-refractivity contribution in [2.45, 2.75) is 32.7 Å². The van der Waals surface area contributed by atoms with E-state index in [4.69, 9.17) is 10.2 Å². The van der Waals surface area contributed by atoms with E-state index in [9.17, 15) is 9.59 Å². The van der Waals surface area contributed by atoms with Crippen molar-refractivity contribution < 1.29 is 19.8 Å². The van der Waals surface area contributed by atoms with Crippen molar-refractivity contribution in [1.82, 2.24) is 10.2 Å². The predicted octanol–water partition coefficient (Wildman–Crippen LogP) is 0.509. The molecule has 0 saturated heterocycles. The maximum absolute atomic E-state index is 11.6. The molecule has 0 spiro atoms. The zero-order valence-corrected chi connectivity index (χ0v) is 10.6. The summed E-state index contributed by atoms with van der Waals surface area (Å²) in [6.07, 6.45) is 0.876. The van der Waals surface area contributed by atoms with Gasteiger partial charge in [0.05, 0.1) is 0 Å². The average molecular weight is 246 g/mol. The number of carboxylic acids is 1. The highest BCUT2D eigenvalue weighted by atomic mass is 16.4. The number of nitrogens with zero attached hydrogens (tertiary/aromatic N) is 1. The van der Waals surface area contributed by atoms with Crippen LogP contribution in [0.2, 0.25) is 0 Å². The van der Waals surface area contributed by atoms with Crippen molar-refractivity contribution in [2.75, 3.05) is 20.2 Å². The number of aliphatic hydroxyl groups is 1. The van der Waals surface area contributed by atoms with Crippen LogP contribution in [0, 0.1) is 5.92 Å². The van der Waals surface area contributed by atoms with Crippen LogP contribution < -0.4 is 5.32 Å². The van der Waals surface area contributed by atoms with E-state index in [1.165, 1.54) is 4.90 Å². The maximum Gasteiger partial charge on any atom is 0.326 e. The highest BCUT2D eigenvalue weighted by molar-refractivity contribution is 5.82. The third-order valence-corrected chi connectivity index (χ3v) is 2.40. The predicted molar refractivity (Wildman–Crippen MR) is 63.7 cm³/mol. The van der Waals surface area contributed by atoms with Crippen LogP contribution in [0.15, 0.2) is 0 Å². The maximum atomic E-state index is 11.6. The average Bonchev–Trinajstić information content (AvgIpc) is 2.24. The number of aliphatic hydroxyl groups excluding tert-OH is 1. The van der Waals surface area contributed by atoms with Crippen molar-refractivity contribution in [3.63, 3.8) is 0 Å². The van der Waals surface area contributed by atoms with Crippen molar-refractivity contribution in [2.24, 2.45) is 5.92 Å². The Morgan fingerprint density at radius 2 is 1.88 bits per heavy atom. The van der Waals surface area contributed by atoms with Crippen LogP contribution in [-0.4, -0.2) is 53.4 Å². The lowest BCUT2D eigenvalue weighted by atomic mass is 10.1. The molecule has 17 heavy (non-hydrogen) atoms. The van der Waals surface area contributed by atoms with E-state index in [2.05, 4.69) is 19.2 Å². The second-order valence-corrected chi connectivity index (χ2v) is 4.46. The molecule has 2 amide bonds. The molecule has 1 atom stereocenters. The van der Waals surface area contributed by atoms with Gasteiger partial charge in [-0.15, -0.1) is 0 Å². The Morgan fingerprint density at radius 3 is 2.29 bits per heavy atom. The van der Waals surface area contributed by atoms with Crippen molar-refractivity contribution in [3.05, 3.63) is 0 Å². The Bertz CT molecular complexity index is 256. The summed E-state index contributed by atoms with van der Waals surface area (Å²) in [7, 11) is 1.62. The first-order valence-corrected chi connectivity index (χ1v) is 5.73. The summed E-state index contributed by atoms with van der Waals surface area (Å²) in [6.45, 7) is 4.41. The molecule has 6 heteroatoms. The topological polar surface area (TPSA) is 89.9 Å². The second kappa shape index (κ2) is 7.89. The molecular formula is C11H22N2O4. The quantitative estimate of drug-likeness (QED) is 0.610. The third kappa shape index (κ3) is 6.78. The number of carbonyl (C=O) groups is 2. The zero-order chi connectivity index (χ0) is 13.4. The molecule has 0 heterocycles. The van der Waals surface area contributed by atoms with Gasteiger partial charge in [0.15, 0.2) is 0 Å². The van der Waals surface area contributed by atoms with E-state index < -0.39 is 18.0 Å². The fourth-order valence-corrected chi connectivity index (χ4v) is 1.20. The van der Waals surface area contributed by atoms with Crippen LogP contribution in [0.25, 0.3) is 0 Å². The number of rotatable bonds is 7. The molecule has 0 aliphatic heterocycles. The van der Waals surface area contributed by atoms with Crippen molar-refractivity contribution in [1.29, 1.82) is 0 Å². The Morgan fingerprint density at radius 1 is 1.29 bits per heavy atom. The number of hydrogen-bond acceptors (Lipinski definition) is 3. The summed E-state index contributed by atoms with van der Waals surface area (Å²) >= 11 is 0. The van der Waals surface area contributed by atoms with E-state index in [-0.39, 0.29) is 13.0 Å². The number of nitrogens with one attached hydrogen (secondary N) is 1. The molecule has 0 saturated carbocycles. The SMILES string of the molecule is CC(C)CCN(C)C(=O)NC(CCO)C(=O)O. The van der Waals surface area contributed by atoms with Gasteiger partial charge in [0.25, 0.3) is 0 Å². The fourth-order valence-electron chi connectivity index (χ4n) is 1.20. The third-order valence-electron chi connectivity index (χ3n) is 2.40. The lowest BCUT2D eigenvalue weighted by molar-refractivity contribution is -0.139. The minimum absolute atomic E-state index is 0.0130. The number of amides is 2. The van der Waals surface area contributed by atoms with Gasteiger partial charge < -0.3 is 20.4 Å². The van der Waals surface area contributed by atoms with Gasteiger partial charge in [-0.1, -0.05) is 13.8 Å². The van der Waals surface area contributed by atoms with Crippen LogP contribution in [0.4, 0.5) is 4.79 Å². The van der Waals surface area contributed by atoms with Crippen LogP contribution >= 0.6 is 0 Å². The largest absolute Gasteiger partial charge is 0.480 e. The molecule has 6 nitrogen and oxygen atoms in total. The first kappa shape index (κ1) is 15.7. The second-order valence-electron chi connectivity index (χ2n) is 4.46. The van der Waals surface area contributed by atoms with Gasteiger partial charge in [-0.2, -0.15) is 0 Å². The van der Waals surface area contributed by atoms with Gasteiger partial charge in [0, 0.05) is 26.6 Å². The molecular weight excluding hydrogens is 224 g/mol. The Hall–Kier alpha value is -1.30. The van der Waals surface area contributed by atoms with Crippen LogP contribution in [0.5, 0.6) is 0 Å². The summed E-state index contributed by atoms with van der Waals surface area (Å²) in [5.41, 5.74) is 0. The molecule has 0 bridgehead atoms. The number of carbonyl (C=O) groups excluding carboxylic acids is 1. The van der Waals surface area contributed by atoms with Crippen LogP contribution in [0.1, 0.15) is 26.7 Å². The van der Waals surface area contributed by atoms with Crippen LogP contribution in [-0.2, 0) is 4.79 Å². The van der Waals surface area contributed by atoms with E-state index in [1.807, 2.05) is 0 Å². The molecule has 0 aromatic carbocycles. The Balaban J connectivity index is 4.15. The summed E-state index contributed by atoms with van der Waals surface area (Å²) in [5, 5.41) is 19.9. The van der Waals surface area contributed by atoms with E-state index in [0.29, 0.717) is 12.5 Å². The van der Waals surface area contributed by atoms with Gasteiger partial charge in [-0.3, -0.25) is 0 Å². The number of carboxylic acid groups (broad SMARTS) is 1. The highest BCUT2D eigenvalue weighted by Crippen LogP contribution is 2.01. The monoisotopic (exact) mass is 246 g/mol. The summed E-state index contributed by atoms with van der Waals surface area (Å²) in [5.74, 6) is -0.650. The van der Waals surface area contributed by atoms with Gasteiger partial charge >= 0.3 is 12.0 Å². The molecule has 0 radical (unpaired) electrons. The lowest BCUT2D eigenvalue weighted by Crippen LogP contribution is -2.47. The molecule has 0 aliphatic carbocycles. The summed E-state index contributed by atoms with van der Waals surface area (Å²) in [6, 6.07) is -1.46. The molecule has 100 valence electrons. The molecule has 3 N–H and O–H groups in total. The van der Waals surface area contributed by atoms with Gasteiger partial charge in [-0.25, -0.2) is 9.59 Å². The number of urea groups is 1. The first-order chi connectivity index (χ1) is 7.88. The Labute approximate surface area is 102 Å². The van der Waals surface area contributed by atoms with Gasteiger partial charge in [0.1, 0.15) is 6.04 Å². The molecule has 0 rings (SSSR count). The molecule has 1 unspecified atom stereocenters. The van der Waals surface area contributed by atoms with E-state index in [1.54, 1.807) is 7.05 Å². The number of aliphatic carboxylic acids is 1. The zero-order valence-electron chi connectivity index (χ0n) is 10.6. The normalized spacial score (nSPS) is 12.3. The molecule has 0 aromatic rings. The summed E-state index contributed by atoms with van der Waals surface area (Å²) in [4.78, 5) is 23.8.